The number of aromatic nitrogens is 1. The van der Waals surface area contributed by atoms with Crippen molar-refractivity contribution in [1.82, 2.24) is 4.57 Å². The lowest BCUT2D eigenvalue weighted by Gasteiger charge is -2.11. The number of nitrogens with zero attached hydrogens (tertiary/aromatic N) is 1. The van der Waals surface area contributed by atoms with Crippen molar-refractivity contribution in [3.63, 3.8) is 0 Å². The third kappa shape index (κ3) is 3.30. The third-order valence-electron chi connectivity index (χ3n) is 8.20. The predicted molar refractivity (Wildman–Crippen MR) is 174 cm³/mol. The number of para-hydroxylation sites is 3. The Morgan fingerprint density at radius 3 is 2.02 bits per heavy atom. The van der Waals surface area contributed by atoms with Crippen molar-refractivity contribution < 1.29 is 4.42 Å². The quantitative estimate of drug-likeness (QED) is 0.217. The van der Waals surface area contributed by atoms with Crippen molar-refractivity contribution >= 4 is 64.5 Å². The average molecular weight is 542 g/mol. The molecule has 0 aliphatic carbocycles. The zero-order valence-corrected chi connectivity index (χ0v) is 22.9. The van der Waals surface area contributed by atoms with Crippen molar-refractivity contribution in [2.45, 2.75) is 0 Å². The second-order valence-electron chi connectivity index (χ2n) is 10.5. The Morgan fingerprint density at radius 2 is 1.17 bits per heavy atom. The summed E-state index contributed by atoms with van der Waals surface area (Å²) < 4.78 is 11.3. The molecule has 0 saturated heterocycles. The van der Waals surface area contributed by atoms with Gasteiger partial charge in [-0.05, 0) is 64.7 Å². The Hall–Kier alpha value is -5.12. The maximum Gasteiger partial charge on any atom is 0.136 e. The first-order chi connectivity index (χ1) is 20.3. The SMILES string of the molecule is c1ccc(-n2c3ccccc3c3sc4cccc(-c5cccc(-c6cccc7oc8ccccc8c67)c5)c4c32)cc1. The Balaban J connectivity index is 1.33. The Bertz CT molecular complexity index is 2420. The topological polar surface area (TPSA) is 18.1 Å². The molecule has 0 aliphatic rings. The first-order valence-electron chi connectivity index (χ1n) is 13.9. The monoisotopic (exact) mass is 541 g/mol. The molecule has 9 rings (SSSR count). The number of hydrogen-bond donors (Lipinski definition) is 0. The molecule has 0 saturated carbocycles. The molecule has 3 heterocycles. The van der Waals surface area contributed by atoms with Crippen molar-refractivity contribution in [2.75, 3.05) is 0 Å². The van der Waals surface area contributed by atoms with Crippen LogP contribution in [0, 0.1) is 0 Å². The molecule has 192 valence electrons. The fraction of sp³-hybridized carbons (Fsp3) is 0. The molecule has 9 aromatic rings. The van der Waals surface area contributed by atoms with Gasteiger partial charge in [-0.2, -0.15) is 0 Å². The van der Waals surface area contributed by atoms with Gasteiger partial charge in [0.25, 0.3) is 0 Å². The number of fused-ring (bicyclic) bond motifs is 8. The molecular formula is C38H23NOS. The van der Waals surface area contributed by atoms with Gasteiger partial charge in [-0.15, -0.1) is 11.3 Å². The van der Waals surface area contributed by atoms with Gasteiger partial charge in [-0.3, -0.25) is 0 Å². The zero-order chi connectivity index (χ0) is 26.9. The van der Waals surface area contributed by atoms with Gasteiger partial charge in [0.15, 0.2) is 0 Å². The minimum atomic E-state index is 0.920. The number of hydrogen-bond acceptors (Lipinski definition) is 2. The molecule has 0 unspecified atom stereocenters. The summed E-state index contributed by atoms with van der Waals surface area (Å²) in [7, 11) is 0. The number of thiophene rings is 1. The van der Waals surface area contributed by atoms with Gasteiger partial charge < -0.3 is 8.98 Å². The van der Waals surface area contributed by atoms with Gasteiger partial charge in [-0.25, -0.2) is 0 Å². The molecule has 41 heavy (non-hydrogen) atoms. The van der Waals surface area contributed by atoms with Crippen LogP contribution in [0.4, 0.5) is 0 Å². The number of rotatable bonds is 3. The van der Waals surface area contributed by atoms with Crippen LogP contribution in [-0.4, -0.2) is 4.57 Å². The summed E-state index contributed by atoms with van der Waals surface area (Å²) in [5.41, 5.74) is 10.4. The van der Waals surface area contributed by atoms with Crippen molar-refractivity contribution in [3.05, 3.63) is 140 Å². The fourth-order valence-electron chi connectivity index (χ4n) is 6.46. The second-order valence-corrected chi connectivity index (χ2v) is 11.6. The third-order valence-corrected chi connectivity index (χ3v) is 9.38. The van der Waals surface area contributed by atoms with E-state index in [9.17, 15) is 0 Å². The highest BCUT2D eigenvalue weighted by Gasteiger charge is 2.20. The molecule has 0 fully saturated rings. The second kappa shape index (κ2) is 8.69. The first kappa shape index (κ1) is 22.7. The summed E-state index contributed by atoms with van der Waals surface area (Å²) >= 11 is 1.89. The van der Waals surface area contributed by atoms with Gasteiger partial charge >= 0.3 is 0 Å². The molecule has 0 bridgehead atoms. The van der Waals surface area contributed by atoms with E-state index >= 15 is 0 Å². The van der Waals surface area contributed by atoms with Crippen LogP contribution in [0.3, 0.4) is 0 Å². The highest BCUT2D eigenvalue weighted by molar-refractivity contribution is 7.26. The van der Waals surface area contributed by atoms with E-state index in [1.165, 1.54) is 64.5 Å². The molecule has 0 radical (unpaired) electrons. The predicted octanol–water partition coefficient (Wildman–Crippen LogP) is 11.2. The van der Waals surface area contributed by atoms with Crippen LogP contribution in [0.15, 0.2) is 144 Å². The van der Waals surface area contributed by atoms with Crippen LogP contribution >= 0.6 is 11.3 Å². The largest absolute Gasteiger partial charge is 0.456 e. The molecule has 0 atom stereocenters. The van der Waals surface area contributed by atoms with Gasteiger partial charge in [0.2, 0.25) is 0 Å². The molecular weight excluding hydrogens is 518 g/mol. The highest BCUT2D eigenvalue weighted by atomic mass is 32.1. The molecule has 2 nitrogen and oxygen atoms in total. The van der Waals surface area contributed by atoms with E-state index in [4.69, 9.17) is 4.42 Å². The summed E-state index contributed by atoms with van der Waals surface area (Å²) in [5, 5.41) is 4.92. The van der Waals surface area contributed by atoms with Crippen LogP contribution in [0.2, 0.25) is 0 Å². The van der Waals surface area contributed by atoms with Crippen molar-refractivity contribution in [3.8, 4) is 27.9 Å². The van der Waals surface area contributed by atoms with Gasteiger partial charge in [0, 0.05) is 31.9 Å². The Morgan fingerprint density at radius 1 is 0.512 bits per heavy atom. The molecule has 0 aliphatic heterocycles. The van der Waals surface area contributed by atoms with E-state index in [-0.39, 0.29) is 0 Å². The van der Waals surface area contributed by atoms with Crippen molar-refractivity contribution in [1.29, 1.82) is 0 Å². The van der Waals surface area contributed by atoms with E-state index < -0.39 is 0 Å². The minimum Gasteiger partial charge on any atom is -0.456 e. The zero-order valence-electron chi connectivity index (χ0n) is 22.0. The van der Waals surface area contributed by atoms with E-state index in [2.05, 4.69) is 132 Å². The van der Waals surface area contributed by atoms with Crippen molar-refractivity contribution in [2.24, 2.45) is 0 Å². The van der Waals surface area contributed by atoms with Crippen LogP contribution in [0.1, 0.15) is 0 Å². The van der Waals surface area contributed by atoms with E-state index in [0.29, 0.717) is 0 Å². The maximum atomic E-state index is 6.21. The highest BCUT2D eigenvalue weighted by Crippen LogP contribution is 2.46. The smallest absolute Gasteiger partial charge is 0.136 e. The molecule has 6 aromatic carbocycles. The van der Waals surface area contributed by atoms with Crippen LogP contribution in [-0.2, 0) is 0 Å². The molecule has 0 spiro atoms. The Labute approximate surface area is 240 Å². The average Bonchev–Trinajstić information content (AvgIpc) is 3.70. The lowest BCUT2D eigenvalue weighted by atomic mass is 9.94. The summed E-state index contributed by atoms with van der Waals surface area (Å²) in [4.78, 5) is 0. The fourth-order valence-corrected chi connectivity index (χ4v) is 7.71. The van der Waals surface area contributed by atoms with E-state index in [1.54, 1.807) is 0 Å². The Kier molecular flexibility index (Phi) is 4.80. The normalized spacial score (nSPS) is 11.9. The molecule has 0 N–H and O–H groups in total. The summed E-state index contributed by atoms with van der Waals surface area (Å²) in [5.74, 6) is 0. The summed E-state index contributed by atoms with van der Waals surface area (Å²) in [6, 6.07) is 49.9. The minimum absolute atomic E-state index is 0.920. The number of furan rings is 1. The van der Waals surface area contributed by atoms with Gasteiger partial charge in [0.1, 0.15) is 11.2 Å². The summed E-state index contributed by atoms with van der Waals surface area (Å²) in [6.45, 7) is 0. The lowest BCUT2D eigenvalue weighted by molar-refractivity contribution is 0.669. The summed E-state index contributed by atoms with van der Waals surface area (Å²) in [6.07, 6.45) is 0. The van der Waals surface area contributed by atoms with Gasteiger partial charge in [0.05, 0.1) is 15.7 Å². The molecule has 3 aromatic heterocycles. The van der Waals surface area contributed by atoms with Crippen LogP contribution in [0.25, 0.3) is 81.1 Å². The number of benzene rings is 6. The van der Waals surface area contributed by atoms with E-state index in [1.807, 2.05) is 23.5 Å². The van der Waals surface area contributed by atoms with E-state index in [0.717, 1.165) is 16.6 Å². The maximum absolute atomic E-state index is 6.21. The lowest BCUT2D eigenvalue weighted by Crippen LogP contribution is -1.93. The first-order valence-corrected chi connectivity index (χ1v) is 14.7. The van der Waals surface area contributed by atoms with Crippen LogP contribution < -0.4 is 0 Å². The van der Waals surface area contributed by atoms with Gasteiger partial charge in [-0.1, -0.05) is 97.1 Å². The standard InChI is InChI=1S/C38H23NOS/c1-2-13-26(14-3-1)39-31-19-6-4-15-29(31)38-37(39)36-28(18-10-22-34(36)41-38)25-12-8-11-24(23-25)27-17-9-21-33-35(27)30-16-5-7-20-32(30)40-33/h1-23H. The molecule has 0 amide bonds. The van der Waals surface area contributed by atoms with Crippen LogP contribution in [0.5, 0.6) is 0 Å². The molecule has 3 heteroatoms.